The van der Waals surface area contributed by atoms with Crippen LogP contribution in [0.1, 0.15) is 30.5 Å². The molecule has 0 bridgehead atoms. The van der Waals surface area contributed by atoms with Crippen molar-refractivity contribution >= 4 is 0 Å². The minimum Gasteiger partial charge on any atom is -0.376 e. The summed E-state index contributed by atoms with van der Waals surface area (Å²) in [6.07, 6.45) is -2.06. The summed E-state index contributed by atoms with van der Waals surface area (Å²) < 4.78 is 37.1. The van der Waals surface area contributed by atoms with Crippen molar-refractivity contribution in [1.29, 1.82) is 0 Å². The highest BCUT2D eigenvalue weighted by atomic mass is 16.8. The molecule has 190 valence electrons. The minimum absolute atomic E-state index is 0.253. The lowest BCUT2D eigenvalue weighted by Crippen LogP contribution is -2.46. The van der Waals surface area contributed by atoms with E-state index >= 15 is 0 Å². The topological polar surface area (TPSA) is 55.4 Å². The molecule has 2 fully saturated rings. The maximum Gasteiger partial charge on any atom is 0.190 e. The van der Waals surface area contributed by atoms with Gasteiger partial charge in [-0.25, -0.2) is 0 Å². The first-order chi connectivity index (χ1) is 17.5. The van der Waals surface area contributed by atoms with Gasteiger partial charge in [-0.1, -0.05) is 91.0 Å². The van der Waals surface area contributed by atoms with E-state index in [0.717, 1.165) is 16.7 Å². The van der Waals surface area contributed by atoms with Crippen molar-refractivity contribution in [3.8, 4) is 0 Å². The van der Waals surface area contributed by atoms with Gasteiger partial charge in [0.05, 0.1) is 6.61 Å². The molecular weight excluding hydrogens is 456 g/mol. The fourth-order valence-electron chi connectivity index (χ4n) is 5.34. The maximum atomic E-state index is 6.97. The molecule has 0 amide bonds. The lowest BCUT2D eigenvalue weighted by Gasteiger charge is -2.38. The molecule has 0 aromatic heterocycles. The Hall–Kier alpha value is -2.58. The standard InChI is InChI=1S/C30H34O6/c1-29(2)35-27-26(32-4)25(34-28(27)36-29)24(31-3)20-33-30(21-14-8-5-9-15-21,22-16-10-6-11-17-22)23-18-12-7-13-19-23/h5-19,24-28H,20H2,1-4H3/t24-,25+,26-,27+,28-/m1/s1. The van der Waals surface area contributed by atoms with Gasteiger partial charge in [-0.3, -0.25) is 0 Å². The number of methoxy groups -OCH3 is 2. The molecule has 0 radical (unpaired) electrons. The summed E-state index contributed by atoms with van der Waals surface area (Å²) in [6.45, 7) is 4.01. The minimum atomic E-state index is -0.855. The monoisotopic (exact) mass is 490 g/mol. The highest BCUT2D eigenvalue weighted by Gasteiger charge is 2.57. The van der Waals surface area contributed by atoms with Crippen molar-refractivity contribution in [3.05, 3.63) is 108 Å². The number of rotatable bonds is 9. The third-order valence-electron chi connectivity index (χ3n) is 6.97. The number of fused-ring (bicyclic) bond motifs is 1. The van der Waals surface area contributed by atoms with Gasteiger partial charge < -0.3 is 28.4 Å². The van der Waals surface area contributed by atoms with E-state index in [9.17, 15) is 0 Å². The molecule has 0 aliphatic carbocycles. The predicted molar refractivity (Wildman–Crippen MR) is 135 cm³/mol. The van der Waals surface area contributed by atoms with Crippen LogP contribution in [0.15, 0.2) is 91.0 Å². The van der Waals surface area contributed by atoms with E-state index in [2.05, 4.69) is 36.4 Å². The number of hydrogen-bond acceptors (Lipinski definition) is 6. The molecule has 0 saturated carbocycles. The summed E-state index contributed by atoms with van der Waals surface area (Å²) in [4.78, 5) is 0. The Labute approximate surface area is 213 Å². The van der Waals surface area contributed by atoms with Crippen molar-refractivity contribution in [2.45, 2.75) is 55.9 Å². The van der Waals surface area contributed by atoms with Gasteiger partial charge >= 0.3 is 0 Å². The van der Waals surface area contributed by atoms with Crippen LogP contribution in [0.3, 0.4) is 0 Å². The molecule has 36 heavy (non-hydrogen) atoms. The van der Waals surface area contributed by atoms with Gasteiger partial charge in [-0.2, -0.15) is 0 Å². The van der Waals surface area contributed by atoms with Crippen molar-refractivity contribution in [2.75, 3.05) is 20.8 Å². The number of ether oxygens (including phenoxy) is 6. The van der Waals surface area contributed by atoms with Crippen molar-refractivity contribution in [1.82, 2.24) is 0 Å². The van der Waals surface area contributed by atoms with E-state index in [1.807, 2.05) is 68.4 Å². The molecule has 0 unspecified atom stereocenters. The molecule has 6 heteroatoms. The first kappa shape index (κ1) is 25.1. The lowest BCUT2D eigenvalue weighted by atomic mass is 9.80. The first-order valence-electron chi connectivity index (χ1n) is 12.4. The van der Waals surface area contributed by atoms with Crippen LogP contribution in [0, 0.1) is 0 Å². The van der Waals surface area contributed by atoms with E-state index in [-0.39, 0.29) is 18.8 Å². The van der Waals surface area contributed by atoms with Crippen LogP contribution in [-0.2, 0) is 34.0 Å². The van der Waals surface area contributed by atoms with Gasteiger partial charge in [-0.05, 0) is 30.5 Å². The Morgan fingerprint density at radius 2 is 1.28 bits per heavy atom. The van der Waals surface area contributed by atoms with E-state index in [4.69, 9.17) is 28.4 Å². The van der Waals surface area contributed by atoms with Crippen molar-refractivity contribution in [2.24, 2.45) is 0 Å². The first-order valence-corrected chi connectivity index (χ1v) is 12.4. The summed E-state index contributed by atoms with van der Waals surface area (Å²) in [5, 5.41) is 0. The molecule has 2 aliphatic rings. The second kappa shape index (κ2) is 10.4. The van der Waals surface area contributed by atoms with Crippen molar-refractivity contribution in [3.63, 3.8) is 0 Å². The fraction of sp³-hybridized carbons (Fsp3) is 0.400. The second-order valence-corrected chi connectivity index (χ2v) is 9.63. The molecule has 2 heterocycles. The van der Waals surface area contributed by atoms with Crippen LogP contribution < -0.4 is 0 Å². The normalized spacial score (nSPS) is 26.0. The molecule has 5 rings (SSSR count). The molecule has 6 nitrogen and oxygen atoms in total. The highest BCUT2D eigenvalue weighted by molar-refractivity contribution is 5.47. The lowest BCUT2D eigenvalue weighted by molar-refractivity contribution is -0.234. The third-order valence-corrected chi connectivity index (χ3v) is 6.97. The smallest absolute Gasteiger partial charge is 0.190 e. The summed E-state index contributed by atoms with van der Waals surface area (Å²) in [5.41, 5.74) is 2.22. The van der Waals surface area contributed by atoms with Gasteiger partial charge in [0.15, 0.2) is 12.1 Å². The molecule has 0 N–H and O–H groups in total. The quantitative estimate of drug-likeness (QED) is 0.398. The zero-order valence-electron chi connectivity index (χ0n) is 21.2. The van der Waals surface area contributed by atoms with Gasteiger partial charge in [-0.15, -0.1) is 0 Å². The Balaban J connectivity index is 1.50. The molecule has 2 aliphatic heterocycles. The zero-order valence-corrected chi connectivity index (χ0v) is 21.2. The molecule has 2 saturated heterocycles. The Kier molecular flexibility index (Phi) is 7.26. The predicted octanol–water partition coefficient (Wildman–Crippen LogP) is 4.90. The van der Waals surface area contributed by atoms with E-state index in [0.29, 0.717) is 0 Å². The summed E-state index contributed by atoms with van der Waals surface area (Å²) in [5.74, 6) is -0.723. The van der Waals surface area contributed by atoms with Crippen LogP contribution >= 0.6 is 0 Å². The molecule has 3 aromatic carbocycles. The van der Waals surface area contributed by atoms with Crippen molar-refractivity contribution < 1.29 is 28.4 Å². The van der Waals surface area contributed by atoms with E-state index < -0.39 is 29.9 Å². The molecular formula is C30H34O6. The van der Waals surface area contributed by atoms with Gasteiger partial charge in [0.2, 0.25) is 0 Å². The third kappa shape index (κ3) is 4.61. The molecule has 0 spiro atoms. The Morgan fingerprint density at radius 3 is 1.72 bits per heavy atom. The van der Waals surface area contributed by atoms with Crippen LogP contribution in [0.25, 0.3) is 0 Å². The van der Waals surface area contributed by atoms with Crippen LogP contribution in [0.4, 0.5) is 0 Å². The van der Waals surface area contributed by atoms with Gasteiger partial charge in [0, 0.05) is 14.2 Å². The Morgan fingerprint density at radius 1 is 0.778 bits per heavy atom. The highest BCUT2D eigenvalue weighted by Crippen LogP contribution is 2.43. The average Bonchev–Trinajstić information content (AvgIpc) is 3.39. The Bertz CT molecular complexity index is 1010. The molecule has 5 atom stereocenters. The molecule has 3 aromatic rings. The number of hydrogen-bond donors (Lipinski definition) is 0. The SMILES string of the molecule is CO[C@H]1[C@@H]2OC(C)(C)O[C@H]2O[C@H]1[C@@H](COC(c1ccccc1)(c1ccccc1)c1ccccc1)OC. The van der Waals surface area contributed by atoms with E-state index in [1.54, 1.807) is 14.2 Å². The summed E-state index contributed by atoms with van der Waals surface area (Å²) >= 11 is 0. The van der Waals surface area contributed by atoms with Crippen LogP contribution in [0.5, 0.6) is 0 Å². The maximum absolute atomic E-state index is 6.97. The second-order valence-electron chi connectivity index (χ2n) is 9.63. The van der Waals surface area contributed by atoms with Gasteiger partial charge in [0.25, 0.3) is 0 Å². The summed E-state index contributed by atoms with van der Waals surface area (Å²) in [7, 11) is 3.33. The number of benzene rings is 3. The zero-order chi connectivity index (χ0) is 25.2. The van der Waals surface area contributed by atoms with Crippen LogP contribution in [-0.4, -0.2) is 57.3 Å². The summed E-state index contributed by atoms with van der Waals surface area (Å²) in [6, 6.07) is 30.8. The van der Waals surface area contributed by atoms with E-state index in [1.165, 1.54) is 0 Å². The van der Waals surface area contributed by atoms with Crippen LogP contribution in [0.2, 0.25) is 0 Å². The average molecular weight is 491 g/mol. The largest absolute Gasteiger partial charge is 0.376 e. The van der Waals surface area contributed by atoms with Gasteiger partial charge in [0.1, 0.15) is 30.0 Å². The fourth-order valence-corrected chi connectivity index (χ4v) is 5.34.